The minimum atomic E-state index is -0.334. The molecule has 0 fully saturated rings. The number of hydrogen-bond donors (Lipinski definition) is 1. The van der Waals surface area contributed by atoms with Crippen LogP contribution in [-0.4, -0.2) is 11.5 Å². The molecule has 1 N–H and O–H groups in total. The van der Waals surface area contributed by atoms with Gasteiger partial charge in [-0.3, -0.25) is 10.1 Å². The highest BCUT2D eigenvalue weighted by atomic mass is 16.6. The number of unbranched alkanes of at least 4 members (excludes halogenated alkanes) is 1. The van der Waals surface area contributed by atoms with Crippen molar-refractivity contribution in [2.45, 2.75) is 33.6 Å². The monoisotopic (exact) mass is 222 g/mol. The van der Waals surface area contributed by atoms with E-state index in [1.54, 1.807) is 13.0 Å². The Kier molecular flexibility index (Phi) is 4.28. The first kappa shape index (κ1) is 12.5. The molecular weight excluding hydrogens is 204 g/mol. The molecule has 0 aliphatic heterocycles. The summed E-state index contributed by atoms with van der Waals surface area (Å²) < 4.78 is 0. The highest BCUT2D eigenvalue weighted by Crippen LogP contribution is 2.26. The van der Waals surface area contributed by atoms with E-state index in [0.29, 0.717) is 5.56 Å². The number of nitrogens with zero attached hydrogens (tertiary/aromatic N) is 1. The van der Waals surface area contributed by atoms with E-state index in [4.69, 9.17) is 0 Å². The van der Waals surface area contributed by atoms with E-state index in [1.165, 1.54) is 0 Å². The maximum Gasteiger partial charge on any atom is 0.274 e. The van der Waals surface area contributed by atoms with Crippen LogP contribution in [0.1, 0.15) is 30.9 Å². The van der Waals surface area contributed by atoms with E-state index in [0.717, 1.165) is 30.6 Å². The molecule has 0 saturated carbocycles. The van der Waals surface area contributed by atoms with Crippen LogP contribution >= 0.6 is 0 Å². The second kappa shape index (κ2) is 5.49. The van der Waals surface area contributed by atoms with E-state index in [-0.39, 0.29) is 10.6 Å². The third kappa shape index (κ3) is 2.95. The quantitative estimate of drug-likeness (QED) is 0.471. The number of benzene rings is 1. The Morgan fingerprint density at radius 2 is 2.00 bits per heavy atom. The maximum atomic E-state index is 10.8. The molecule has 4 nitrogen and oxygen atoms in total. The van der Waals surface area contributed by atoms with Crippen molar-refractivity contribution in [3.05, 3.63) is 33.4 Å². The van der Waals surface area contributed by atoms with Crippen molar-refractivity contribution in [3.8, 4) is 0 Å². The van der Waals surface area contributed by atoms with Crippen LogP contribution in [0.25, 0.3) is 0 Å². The lowest BCUT2D eigenvalue weighted by atomic mass is 10.1. The standard InChI is InChI=1S/C12H18N2O2/c1-4-5-6-13-11-8-12(14(15)16)10(3)7-9(11)2/h7-8,13H,4-6H2,1-3H3. The minimum absolute atomic E-state index is 0.185. The van der Waals surface area contributed by atoms with Crippen LogP contribution in [0.15, 0.2) is 12.1 Å². The Balaban J connectivity index is 2.91. The molecule has 1 rings (SSSR count). The van der Waals surface area contributed by atoms with Gasteiger partial charge in [0.05, 0.1) is 4.92 Å². The van der Waals surface area contributed by atoms with Gasteiger partial charge in [0, 0.05) is 23.9 Å². The van der Waals surface area contributed by atoms with Crippen LogP contribution in [0.5, 0.6) is 0 Å². The zero-order chi connectivity index (χ0) is 12.1. The van der Waals surface area contributed by atoms with Gasteiger partial charge in [0.15, 0.2) is 0 Å². The van der Waals surface area contributed by atoms with Gasteiger partial charge in [0.2, 0.25) is 0 Å². The fourth-order valence-corrected chi connectivity index (χ4v) is 1.63. The fourth-order valence-electron chi connectivity index (χ4n) is 1.63. The SMILES string of the molecule is CCCCNc1cc([N+](=O)[O-])c(C)cc1C. The van der Waals surface area contributed by atoms with Gasteiger partial charge in [-0.15, -0.1) is 0 Å². The number of rotatable bonds is 5. The summed E-state index contributed by atoms with van der Waals surface area (Å²) in [5, 5.41) is 14.0. The predicted octanol–water partition coefficient (Wildman–Crippen LogP) is 3.42. The van der Waals surface area contributed by atoms with E-state index in [1.807, 2.05) is 13.0 Å². The van der Waals surface area contributed by atoms with Gasteiger partial charge in [-0.2, -0.15) is 0 Å². The molecule has 0 aliphatic carbocycles. The number of hydrogen-bond acceptors (Lipinski definition) is 3. The van der Waals surface area contributed by atoms with Gasteiger partial charge in [-0.05, 0) is 31.9 Å². The van der Waals surface area contributed by atoms with Crippen LogP contribution < -0.4 is 5.32 Å². The van der Waals surface area contributed by atoms with Gasteiger partial charge < -0.3 is 5.32 Å². The Labute approximate surface area is 95.8 Å². The molecule has 0 atom stereocenters. The maximum absolute atomic E-state index is 10.8. The molecule has 0 bridgehead atoms. The summed E-state index contributed by atoms with van der Waals surface area (Å²) in [6.45, 7) is 6.70. The average molecular weight is 222 g/mol. The first-order chi connectivity index (χ1) is 7.56. The largest absolute Gasteiger partial charge is 0.385 e. The molecule has 16 heavy (non-hydrogen) atoms. The molecule has 0 unspecified atom stereocenters. The zero-order valence-electron chi connectivity index (χ0n) is 10.0. The molecule has 88 valence electrons. The van der Waals surface area contributed by atoms with Crippen molar-refractivity contribution < 1.29 is 4.92 Å². The summed E-state index contributed by atoms with van der Waals surface area (Å²) in [4.78, 5) is 10.5. The van der Waals surface area contributed by atoms with Gasteiger partial charge in [0.25, 0.3) is 5.69 Å². The zero-order valence-corrected chi connectivity index (χ0v) is 10.0. The number of nitro benzene ring substituents is 1. The van der Waals surface area contributed by atoms with Crippen LogP contribution in [0, 0.1) is 24.0 Å². The average Bonchev–Trinajstić information content (AvgIpc) is 2.21. The van der Waals surface area contributed by atoms with Crippen molar-refractivity contribution in [3.63, 3.8) is 0 Å². The summed E-state index contributed by atoms with van der Waals surface area (Å²) >= 11 is 0. The van der Waals surface area contributed by atoms with Crippen molar-refractivity contribution in [2.75, 3.05) is 11.9 Å². The molecule has 0 saturated heterocycles. The number of aryl methyl sites for hydroxylation is 2. The van der Waals surface area contributed by atoms with Crippen molar-refractivity contribution >= 4 is 11.4 Å². The Morgan fingerprint density at radius 3 is 2.56 bits per heavy atom. The normalized spacial score (nSPS) is 10.2. The van der Waals surface area contributed by atoms with Gasteiger partial charge in [-0.25, -0.2) is 0 Å². The summed E-state index contributed by atoms with van der Waals surface area (Å²) in [5.41, 5.74) is 2.82. The Morgan fingerprint density at radius 1 is 1.31 bits per heavy atom. The Hall–Kier alpha value is -1.58. The van der Waals surface area contributed by atoms with Gasteiger partial charge >= 0.3 is 0 Å². The summed E-state index contributed by atoms with van der Waals surface area (Å²) in [6, 6.07) is 3.48. The molecule has 0 aliphatic rings. The van der Waals surface area contributed by atoms with Crippen LogP contribution in [0.3, 0.4) is 0 Å². The van der Waals surface area contributed by atoms with Gasteiger partial charge in [-0.1, -0.05) is 13.3 Å². The molecule has 0 aromatic heterocycles. The smallest absolute Gasteiger partial charge is 0.274 e. The second-order valence-corrected chi connectivity index (χ2v) is 3.99. The van der Waals surface area contributed by atoms with Crippen LogP contribution in [0.2, 0.25) is 0 Å². The minimum Gasteiger partial charge on any atom is -0.385 e. The summed E-state index contributed by atoms with van der Waals surface area (Å²) in [7, 11) is 0. The molecule has 1 aromatic carbocycles. The first-order valence-corrected chi connectivity index (χ1v) is 5.55. The Bertz CT molecular complexity index is 389. The highest BCUT2D eigenvalue weighted by Gasteiger charge is 2.12. The highest BCUT2D eigenvalue weighted by molar-refractivity contribution is 5.60. The van der Waals surface area contributed by atoms with Crippen molar-refractivity contribution in [1.82, 2.24) is 0 Å². The number of nitro groups is 1. The fraction of sp³-hybridized carbons (Fsp3) is 0.500. The summed E-state index contributed by atoms with van der Waals surface area (Å²) in [6.07, 6.45) is 2.18. The molecule has 0 amide bonds. The molecule has 0 heterocycles. The summed E-state index contributed by atoms with van der Waals surface area (Å²) in [5.74, 6) is 0. The lowest BCUT2D eigenvalue weighted by Crippen LogP contribution is -2.04. The van der Waals surface area contributed by atoms with Crippen molar-refractivity contribution in [2.24, 2.45) is 0 Å². The predicted molar refractivity (Wildman–Crippen MR) is 66.0 cm³/mol. The van der Waals surface area contributed by atoms with E-state index in [9.17, 15) is 10.1 Å². The number of nitrogens with one attached hydrogen (secondary N) is 1. The third-order valence-corrected chi connectivity index (χ3v) is 2.59. The lowest BCUT2D eigenvalue weighted by Gasteiger charge is -2.10. The second-order valence-electron chi connectivity index (χ2n) is 3.99. The molecular formula is C12H18N2O2. The molecule has 0 spiro atoms. The molecule has 1 aromatic rings. The third-order valence-electron chi connectivity index (χ3n) is 2.59. The van der Waals surface area contributed by atoms with E-state index in [2.05, 4.69) is 12.2 Å². The van der Waals surface area contributed by atoms with E-state index >= 15 is 0 Å². The number of anilines is 1. The van der Waals surface area contributed by atoms with E-state index < -0.39 is 0 Å². The van der Waals surface area contributed by atoms with Crippen LogP contribution in [0.4, 0.5) is 11.4 Å². The molecule has 4 heteroatoms. The van der Waals surface area contributed by atoms with Gasteiger partial charge in [0.1, 0.15) is 0 Å². The van der Waals surface area contributed by atoms with Crippen molar-refractivity contribution in [1.29, 1.82) is 0 Å². The molecule has 0 radical (unpaired) electrons. The lowest BCUT2D eigenvalue weighted by molar-refractivity contribution is -0.385. The first-order valence-electron chi connectivity index (χ1n) is 5.55. The topological polar surface area (TPSA) is 55.2 Å². The van der Waals surface area contributed by atoms with Crippen LogP contribution in [-0.2, 0) is 0 Å².